The van der Waals surface area contributed by atoms with E-state index in [1.165, 1.54) is 11.0 Å². The molecule has 2 amide bonds. The maximum absolute atomic E-state index is 14.0. The predicted molar refractivity (Wildman–Crippen MR) is 122 cm³/mol. The molecule has 1 aromatic heterocycles. The Bertz CT molecular complexity index is 1420. The number of pyridine rings is 1. The van der Waals surface area contributed by atoms with Gasteiger partial charge in [0.2, 0.25) is 0 Å². The number of amides is 2. The van der Waals surface area contributed by atoms with Crippen LogP contribution in [0.5, 0.6) is 5.75 Å². The molecule has 4 heterocycles. The third kappa shape index (κ3) is 3.38. The minimum Gasteiger partial charge on any atom is -0.482 e. The van der Waals surface area contributed by atoms with Gasteiger partial charge in [0.15, 0.2) is 6.61 Å². The fourth-order valence-corrected chi connectivity index (χ4v) is 4.84. The number of nitrogens with zero attached hydrogens (tertiary/aromatic N) is 2. The number of benzene rings is 2. The summed E-state index contributed by atoms with van der Waals surface area (Å²) in [5.74, 6) is 0.0275. The number of anilines is 2. The Morgan fingerprint density at radius 3 is 2.91 bits per heavy atom. The fourth-order valence-electron chi connectivity index (χ4n) is 4.84. The first-order valence-electron chi connectivity index (χ1n) is 11.1. The van der Waals surface area contributed by atoms with Crippen molar-refractivity contribution in [2.75, 3.05) is 29.9 Å². The normalized spacial score (nSPS) is 18.6. The van der Waals surface area contributed by atoms with Crippen molar-refractivity contribution in [2.45, 2.75) is 25.6 Å². The minimum absolute atomic E-state index is 0.0355. The maximum Gasteiger partial charge on any atom is 0.414 e. The van der Waals surface area contributed by atoms with Gasteiger partial charge in [-0.3, -0.25) is 14.5 Å². The summed E-state index contributed by atoms with van der Waals surface area (Å²) in [6.45, 7) is 1.42. The van der Waals surface area contributed by atoms with Crippen molar-refractivity contribution in [3.63, 3.8) is 0 Å². The Balaban J connectivity index is 1.13. The zero-order valence-electron chi connectivity index (χ0n) is 18.1. The van der Waals surface area contributed by atoms with Gasteiger partial charge in [-0.1, -0.05) is 0 Å². The van der Waals surface area contributed by atoms with Gasteiger partial charge in [0.05, 0.1) is 17.7 Å². The van der Waals surface area contributed by atoms with E-state index in [1.807, 2.05) is 0 Å². The van der Waals surface area contributed by atoms with Gasteiger partial charge in [-0.25, -0.2) is 9.18 Å². The number of hydrogen-bond acceptors (Lipinski definition) is 6. The summed E-state index contributed by atoms with van der Waals surface area (Å²) in [5.41, 5.74) is 2.83. The predicted octanol–water partition coefficient (Wildman–Crippen LogP) is 2.14. The summed E-state index contributed by atoms with van der Waals surface area (Å²) in [6, 6.07) is 10.1. The zero-order chi connectivity index (χ0) is 23.4. The number of fused-ring (bicyclic) bond motifs is 1. The highest BCUT2D eigenvalue weighted by Gasteiger charge is 2.33. The lowest BCUT2D eigenvalue weighted by molar-refractivity contribution is -0.118. The lowest BCUT2D eigenvalue weighted by Crippen LogP contribution is -2.33. The molecule has 1 fully saturated rings. The SMILES string of the molecule is O=C1COc2ccc(N3C[C@@H](CNCc4cc5ccc(F)c6c5n(c4=O)CC6)OC3=O)cc2N1. The molecule has 3 aliphatic rings. The number of halogens is 1. The molecule has 2 aromatic carbocycles. The largest absolute Gasteiger partial charge is 0.482 e. The molecule has 9 nitrogen and oxygen atoms in total. The number of cyclic esters (lactones) is 1. The lowest BCUT2D eigenvalue weighted by atomic mass is 10.1. The van der Waals surface area contributed by atoms with E-state index in [-0.39, 0.29) is 23.9 Å². The van der Waals surface area contributed by atoms with E-state index in [1.54, 1.807) is 34.9 Å². The van der Waals surface area contributed by atoms with Crippen LogP contribution in [-0.2, 0) is 29.0 Å². The number of carbonyl (C=O) groups excluding carboxylic acids is 2. The number of ether oxygens (including phenoxy) is 2. The van der Waals surface area contributed by atoms with Crippen LogP contribution in [0.15, 0.2) is 41.2 Å². The van der Waals surface area contributed by atoms with Crippen LogP contribution in [0.3, 0.4) is 0 Å². The molecule has 3 aliphatic heterocycles. The molecule has 6 rings (SSSR count). The Morgan fingerprint density at radius 1 is 1.15 bits per heavy atom. The molecule has 0 unspecified atom stereocenters. The molecule has 2 N–H and O–H groups in total. The Kier molecular flexibility index (Phi) is 4.77. The van der Waals surface area contributed by atoms with Gasteiger partial charge in [0.25, 0.3) is 11.5 Å². The second-order valence-electron chi connectivity index (χ2n) is 8.60. The summed E-state index contributed by atoms with van der Waals surface area (Å²) >= 11 is 0. The summed E-state index contributed by atoms with van der Waals surface area (Å²) in [6.07, 6.45) is -0.376. The Hall–Kier alpha value is -3.92. The molecule has 1 atom stereocenters. The van der Waals surface area contributed by atoms with Gasteiger partial charge in [0.1, 0.15) is 17.7 Å². The molecule has 34 heavy (non-hydrogen) atoms. The van der Waals surface area contributed by atoms with Crippen molar-refractivity contribution in [1.29, 1.82) is 0 Å². The second kappa shape index (κ2) is 7.84. The number of rotatable bonds is 5. The Morgan fingerprint density at radius 2 is 2.03 bits per heavy atom. The van der Waals surface area contributed by atoms with Crippen LogP contribution in [0, 0.1) is 5.82 Å². The van der Waals surface area contributed by atoms with E-state index < -0.39 is 12.2 Å². The second-order valence-corrected chi connectivity index (χ2v) is 8.60. The van der Waals surface area contributed by atoms with Crippen LogP contribution in [-0.4, -0.2) is 42.4 Å². The van der Waals surface area contributed by atoms with Crippen molar-refractivity contribution in [3.05, 3.63) is 63.7 Å². The summed E-state index contributed by atoms with van der Waals surface area (Å²) in [7, 11) is 0. The highest BCUT2D eigenvalue weighted by atomic mass is 19.1. The van der Waals surface area contributed by atoms with Crippen LogP contribution in [0.1, 0.15) is 11.1 Å². The standard InChI is InChI=1S/C24H21FN4O5/c25-18-3-1-13-7-14(23(31)28-6-5-17(18)22(13)28)9-26-10-16-11-29(24(32)34-16)15-2-4-20-19(8-15)27-21(30)12-33-20/h1-4,7-8,16,26H,5-6,9-12H2,(H,27,30)/t16-/m1/s1. The van der Waals surface area contributed by atoms with Crippen LogP contribution < -0.4 is 25.8 Å². The number of hydrogen-bond donors (Lipinski definition) is 2. The van der Waals surface area contributed by atoms with Crippen LogP contribution in [0.2, 0.25) is 0 Å². The molecule has 0 bridgehead atoms. The number of nitrogens with one attached hydrogen (secondary N) is 2. The topological polar surface area (TPSA) is 102 Å². The zero-order valence-corrected chi connectivity index (χ0v) is 18.1. The first kappa shape index (κ1) is 20.7. The summed E-state index contributed by atoms with van der Waals surface area (Å²) < 4.78 is 26.5. The quantitative estimate of drug-likeness (QED) is 0.600. The molecule has 1 saturated heterocycles. The van der Waals surface area contributed by atoms with Gasteiger partial charge in [-0.05, 0) is 48.2 Å². The smallest absolute Gasteiger partial charge is 0.414 e. The molecule has 10 heteroatoms. The molecular formula is C24H21FN4O5. The van der Waals surface area contributed by atoms with E-state index >= 15 is 0 Å². The van der Waals surface area contributed by atoms with Crippen molar-refractivity contribution in [1.82, 2.24) is 9.88 Å². The molecule has 0 radical (unpaired) electrons. The van der Waals surface area contributed by atoms with E-state index in [2.05, 4.69) is 10.6 Å². The minimum atomic E-state index is -0.483. The molecular weight excluding hydrogens is 443 g/mol. The number of carbonyl (C=O) groups is 2. The maximum atomic E-state index is 14.0. The number of aryl methyl sites for hydroxylation is 2. The van der Waals surface area contributed by atoms with Crippen LogP contribution in [0.4, 0.5) is 20.6 Å². The van der Waals surface area contributed by atoms with E-state index in [0.29, 0.717) is 66.4 Å². The average Bonchev–Trinajstić information content (AvgIpc) is 3.43. The molecule has 0 aliphatic carbocycles. The lowest BCUT2D eigenvalue weighted by Gasteiger charge is -2.20. The summed E-state index contributed by atoms with van der Waals surface area (Å²) in [5, 5.41) is 6.78. The molecule has 3 aromatic rings. The van der Waals surface area contributed by atoms with Crippen molar-refractivity contribution in [2.24, 2.45) is 0 Å². The van der Waals surface area contributed by atoms with Gasteiger partial charge in [-0.2, -0.15) is 0 Å². The first-order valence-corrected chi connectivity index (χ1v) is 11.1. The van der Waals surface area contributed by atoms with E-state index in [0.717, 1.165) is 5.39 Å². The van der Waals surface area contributed by atoms with Gasteiger partial charge in [-0.15, -0.1) is 0 Å². The van der Waals surface area contributed by atoms with Gasteiger partial charge < -0.3 is 24.7 Å². The van der Waals surface area contributed by atoms with Gasteiger partial charge in [0, 0.05) is 36.4 Å². The third-order valence-corrected chi connectivity index (χ3v) is 6.43. The molecule has 0 saturated carbocycles. The Labute approximate surface area is 193 Å². The van der Waals surface area contributed by atoms with E-state index in [4.69, 9.17) is 9.47 Å². The van der Waals surface area contributed by atoms with Crippen molar-refractivity contribution < 1.29 is 23.5 Å². The van der Waals surface area contributed by atoms with Crippen LogP contribution >= 0.6 is 0 Å². The molecule has 0 spiro atoms. The highest BCUT2D eigenvalue weighted by molar-refractivity contribution is 5.97. The fraction of sp³-hybridized carbons (Fsp3) is 0.292. The van der Waals surface area contributed by atoms with Crippen LogP contribution in [0.25, 0.3) is 10.9 Å². The van der Waals surface area contributed by atoms with Crippen molar-refractivity contribution >= 4 is 34.3 Å². The average molecular weight is 464 g/mol. The monoisotopic (exact) mass is 464 g/mol. The van der Waals surface area contributed by atoms with Gasteiger partial charge >= 0.3 is 6.09 Å². The number of aromatic nitrogens is 1. The highest BCUT2D eigenvalue weighted by Crippen LogP contribution is 2.33. The third-order valence-electron chi connectivity index (χ3n) is 6.43. The first-order chi connectivity index (χ1) is 16.5. The molecule has 174 valence electrons. The van der Waals surface area contributed by atoms with Crippen molar-refractivity contribution in [3.8, 4) is 5.75 Å². The van der Waals surface area contributed by atoms with E-state index in [9.17, 15) is 18.8 Å². The summed E-state index contributed by atoms with van der Waals surface area (Å²) in [4.78, 5) is 38.4.